The number of allylic oxidation sites excluding steroid dienone is 1. The smallest absolute Gasteiger partial charge is 0.335 e. The maximum atomic E-state index is 12.6. The van der Waals surface area contributed by atoms with Crippen LogP contribution in [0.3, 0.4) is 0 Å². The summed E-state index contributed by atoms with van der Waals surface area (Å²) < 4.78 is 11.4. The molecule has 0 unspecified atom stereocenters. The maximum absolute atomic E-state index is 12.6. The number of aliphatic hydroxyl groups excluding tert-OH is 2. The molecule has 1 aromatic heterocycles. The van der Waals surface area contributed by atoms with Crippen molar-refractivity contribution in [2.75, 3.05) is 26.9 Å². The van der Waals surface area contributed by atoms with Crippen LogP contribution in [-0.2, 0) is 0 Å². The number of rotatable bonds is 11. The van der Waals surface area contributed by atoms with Crippen LogP contribution in [0.2, 0.25) is 0 Å². The Bertz CT molecular complexity index is 1110. The zero-order valence-electron chi connectivity index (χ0n) is 17.9. The van der Waals surface area contributed by atoms with Crippen LogP contribution in [-0.4, -0.2) is 54.0 Å². The van der Waals surface area contributed by atoms with Gasteiger partial charge in [0.2, 0.25) is 0 Å². The molecule has 0 radical (unpaired) electrons. The number of benzene rings is 2. The first-order valence-corrected chi connectivity index (χ1v) is 11.0. The summed E-state index contributed by atoms with van der Waals surface area (Å²) in [6, 6.07) is 13.1. The summed E-state index contributed by atoms with van der Waals surface area (Å²) in [5, 5.41) is 29.6. The summed E-state index contributed by atoms with van der Waals surface area (Å²) in [6.07, 6.45) is 3.00. The molecule has 0 aliphatic carbocycles. The summed E-state index contributed by atoms with van der Waals surface area (Å²) in [5.41, 5.74) is 1.90. The van der Waals surface area contributed by atoms with Gasteiger partial charge in [0.1, 0.15) is 11.5 Å². The fraction of sp³-hybridized carbons (Fsp3) is 0.200. The number of ether oxygens (including phenoxy) is 2. The first-order chi connectivity index (χ1) is 16.0. The third-order valence-electron chi connectivity index (χ3n) is 4.94. The molecule has 0 aliphatic rings. The molecular weight excluding hydrogens is 444 g/mol. The summed E-state index contributed by atoms with van der Waals surface area (Å²) in [7, 11) is 1.56. The van der Waals surface area contributed by atoms with E-state index in [1.54, 1.807) is 30.6 Å². The van der Waals surface area contributed by atoms with E-state index in [-0.39, 0.29) is 31.2 Å². The normalized spacial score (nSPS) is 11.2. The van der Waals surface area contributed by atoms with Crippen LogP contribution in [0, 0.1) is 5.92 Å². The average Bonchev–Trinajstić information content (AvgIpc) is 3.38. The van der Waals surface area contributed by atoms with Crippen LogP contribution in [0.1, 0.15) is 26.3 Å². The fourth-order valence-corrected chi connectivity index (χ4v) is 3.78. The minimum absolute atomic E-state index is 0.0833. The standard InChI is InChI=1S/C25H24O7S/c1-31-23-12-22(32-15-16(13-26)14-27)19(11-20(23)24-3-2-10-33-24)8-9-21(28)17-4-6-18(7-5-17)25(29)30/h2-12,16,26-27H,13-15H2,1H3,(H,29,30)/b9-8+. The Hall–Kier alpha value is -3.46. The van der Waals surface area contributed by atoms with Crippen molar-refractivity contribution >= 4 is 29.2 Å². The molecule has 33 heavy (non-hydrogen) atoms. The number of carboxylic acid groups (broad SMARTS) is 1. The van der Waals surface area contributed by atoms with E-state index in [0.29, 0.717) is 22.6 Å². The summed E-state index contributed by atoms with van der Waals surface area (Å²) in [4.78, 5) is 24.6. The van der Waals surface area contributed by atoms with Gasteiger partial charge in [-0.1, -0.05) is 18.2 Å². The molecule has 0 saturated carbocycles. The highest BCUT2D eigenvalue weighted by molar-refractivity contribution is 7.13. The van der Waals surface area contributed by atoms with Crippen molar-refractivity contribution in [2.24, 2.45) is 5.92 Å². The van der Waals surface area contributed by atoms with Gasteiger partial charge in [0.25, 0.3) is 0 Å². The molecule has 0 saturated heterocycles. The third-order valence-corrected chi connectivity index (χ3v) is 5.84. The molecule has 172 valence electrons. The number of carbonyl (C=O) groups excluding carboxylic acids is 1. The molecule has 3 rings (SSSR count). The van der Waals surface area contributed by atoms with Gasteiger partial charge >= 0.3 is 5.97 Å². The largest absolute Gasteiger partial charge is 0.496 e. The van der Waals surface area contributed by atoms with E-state index in [2.05, 4.69) is 0 Å². The molecule has 2 aromatic carbocycles. The molecule has 7 nitrogen and oxygen atoms in total. The monoisotopic (exact) mass is 468 g/mol. The van der Waals surface area contributed by atoms with Gasteiger partial charge in [0, 0.05) is 33.6 Å². The molecule has 0 amide bonds. The number of ketones is 1. The minimum atomic E-state index is -1.06. The number of hydrogen-bond acceptors (Lipinski definition) is 7. The molecule has 1 heterocycles. The zero-order valence-corrected chi connectivity index (χ0v) is 18.7. The summed E-state index contributed by atoms with van der Waals surface area (Å²) in [5.74, 6) is -0.780. The number of hydrogen-bond donors (Lipinski definition) is 3. The number of carbonyl (C=O) groups is 2. The molecule has 0 aliphatic heterocycles. The van der Waals surface area contributed by atoms with Gasteiger partial charge in [0.15, 0.2) is 5.78 Å². The Kier molecular flexibility index (Phi) is 8.37. The van der Waals surface area contributed by atoms with Gasteiger partial charge in [-0.25, -0.2) is 4.79 Å². The lowest BCUT2D eigenvalue weighted by molar-refractivity contribution is 0.0696. The topological polar surface area (TPSA) is 113 Å². The minimum Gasteiger partial charge on any atom is -0.496 e. The van der Waals surface area contributed by atoms with Crippen LogP contribution in [0.4, 0.5) is 0 Å². The van der Waals surface area contributed by atoms with E-state index in [1.807, 2.05) is 23.6 Å². The lowest BCUT2D eigenvalue weighted by Crippen LogP contribution is -2.20. The lowest BCUT2D eigenvalue weighted by Gasteiger charge is -2.17. The predicted octanol–water partition coefficient (Wildman–Crippen LogP) is 4.00. The molecule has 3 aromatic rings. The van der Waals surface area contributed by atoms with Gasteiger partial charge in [-0.15, -0.1) is 11.3 Å². The molecule has 0 fully saturated rings. The Morgan fingerprint density at radius 2 is 1.73 bits per heavy atom. The van der Waals surface area contributed by atoms with Gasteiger partial charge in [-0.3, -0.25) is 4.79 Å². The van der Waals surface area contributed by atoms with E-state index in [9.17, 15) is 19.8 Å². The van der Waals surface area contributed by atoms with Crippen LogP contribution in [0.25, 0.3) is 16.5 Å². The summed E-state index contributed by atoms with van der Waals surface area (Å²) >= 11 is 1.54. The number of aromatic carboxylic acids is 1. The number of aliphatic hydroxyl groups is 2. The highest BCUT2D eigenvalue weighted by atomic mass is 32.1. The highest BCUT2D eigenvalue weighted by Gasteiger charge is 2.15. The second kappa shape index (κ2) is 11.4. The SMILES string of the molecule is COc1cc(OCC(CO)CO)c(/C=C/C(=O)c2ccc(C(=O)O)cc2)cc1-c1cccs1. The van der Waals surface area contributed by atoms with Crippen LogP contribution >= 0.6 is 11.3 Å². The molecule has 0 bridgehead atoms. The van der Waals surface area contributed by atoms with Crippen molar-refractivity contribution in [1.82, 2.24) is 0 Å². The third kappa shape index (κ3) is 6.07. The van der Waals surface area contributed by atoms with Crippen molar-refractivity contribution in [3.8, 4) is 21.9 Å². The molecule has 8 heteroatoms. The van der Waals surface area contributed by atoms with E-state index >= 15 is 0 Å². The van der Waals surface area contributed by atoms with Crippen LogP contribution in [0.5, 0.6) is 11.5 Å². The quantitative estimate of drug-likeness (QED) is 0.288. The fourth-order valence-electron chi connectivity index (χ4n) is 3.04. The first-order valence-electron chi connectivity index (χ1n) is 10.1. The lowest BCUT2D eigenvalue weighted by atomic mass is 10.0. The predicted molar refractivity (Wildman–Crippen MR) is 126 cm³/mol. The number of thiophene rings is 1. The van der Waals surface area contributed by atoms with Crippen molar-refractivity contribution in [2.45, 2.75) is 0 Å². The maximum Gasteiger partial charge on any atom is 0.335 e. The Morgan fingerprint density at radius 1 is 1.03 bits per heavy atom. The van der Waals surface area contributed by atoms with Gasteiger partial charge in [0.05, 0.1) is 32.5 Å². The van der Waals surface area contributed by atoms with Crippen molar-refractivity contribution in [3.63, 3.8) is 0 Å². The van der Waals surface area contributed by atoms with E-state index in [0.717, 1.165) is 10.4 Å². The second-order valence-electron chi connectivity index (χ2n) is 7.19. The first kappa shape index (κ1) is 24.2. The Labute approximate surface area is 195 Å². The summed E-state index contributed by atoms with van der Waals surface area (Å²) in [6.45, 7) is -0.367. The highest BCUT2D eigenvalue weighted by Crippen LogP contribution is 2.39. The van der Waals surface area contributed by atoms with Gasteiger partial charge in [-0.05, 0) is 41.8 Å². The van der Waals surface area contributed by atoms with Crippen molar-refractivity contribution in [3.05, 3.63) is 76.7 Å². The van der Waals surface area contributed by atoms with E-state index in [4.69, 9.17) is 14.6 Å². The second-order valence-corrected chi connectivity index (χ2v) is 8.14. The van der Waals surface area contributed by atoms with Crippen molar-refractivity contribution < 1.29 is 34.4 Å². The average molecular weight is 469 g/mol. The molecular formula is C25H24O7S. The van der Waals surface area contributed by atoms with Gasteiger partial charge < -0.3 is 24.8 Å². The molecule has 3 N–H and O–H groups in total. The molecule has 0 atom stereocenters. The van der Waals surface area contributed by atoms with Gasteiger partial charge in [-0.2, -0.15) is 0 Å². The Morgan fingerprint density at radius 3 is 2.30 bits per heavy atom. The van der Waals surface area contributed by atoms with Crippen LogP contribution in [0.15, 0.2) is 60.0 Å². The van der Waals surface area contributed by atoms with Crippen molar-refractivity contribution in [1.29, 1.82) is 0 Å². The van der Waals surface area contributed by atoms with Crippen LogP contribution < -0.4 is 9.47 Å². The van der Waals surface area contributed by atoms with E-state index < -0.39 is 11.9 Å². The molecule has 0 spiro atoms. The number of carboxylic acids is 1. The van der Waals surface area contributed by atoms with E-state index in [1.165, 1.54) is 30.3 Å². The number of methoxy groups -OCH3 is 1. The Balaban J connectivity index is 1.95. The zero-order chi connectivity index (χ0) is 23.8.